The minimum atomic E-state index is -1.00. The normalized spacial score (nSPS) is 19.2. The average molecular weight is 483 g/mol. The van der Waals surface area contributed by atoms with E-state index >= 15 is 0 Å². The van der Waals surface area contributed by atoms with E-state index in [4.69, 9.17) is 14.2 Å². The second kappa shape index (κ2) is 11.7. The van der Waals surface area contributed by atoms with Crippen molar-refractivity contribution in [3.05, 3.63) is 12.2 Å². The van der Waals surface area contributed by atoms with Crippen LogP contribution in [0, 0.1) is 5.92 Å². The number of hydrogen-bond donors (Lipinski definition) is 2. The fourth-order valence-corrected chi connectivity index (χ4v) is 3.26. The van der Waals surface area contributed by atoms with Crippen molar-refractivity contribution in [3.63, 3.8) is 0 Å². The predicted molar refractivity (Wildman–Crippen MR) is 128 cm³/mol. The van der Waals surface area contributed by atoms with Gasteiger partial charge in [-0.3, -0.25) is 4.79 Å². The van der Waals surface area contributed by atoms with E-state index in [0.29, 0.717) is 6.42 Å². The molecule has 34 heavy (non-hydrogen) atoms. The molecular weight excluding hydrogens is 440 g/mol. The highest BCUT2D eigenvalue weighted by Gasteiger charge is 2.30. The summed E-state index contributed by atoms with van der Waals surface area (Å²) in [6.45, 7) is 15.7. The molecule has 0 heterocycles. The van der Waals surface area contributed by atoms with Crippen LogP contribution < -0.4 is 10.6 Å². The molecule has 9 heteroatoms. The van der Waals surface area contributed by atoms with E-state index in [1.807, 2.05) is 12.2 Å². The lowest BCUT2D eigenvalue weighted by Gasteiger charge is -2.26. The summed E-state index contributed by atoms with van der Waals surface area (Å²) in [6.07, 6.45) is 3.58. The number of ether oxygens (including phenoxy) is 3. The Morgan fingerprint density at radius 1 is 0.824 bits per heavy atom. The van der Waals surface area contributed by atoms with Gasteiger partial charge in [0.1, 0.15) is 28.6 Å². The first-order valence-electron chi connectivity index (χ1n) is 11.7. The third-order valence-corrected chi connectivity index (χ3v) is 4.46. The molecule has 194 valence electrons. The lowest BCUT2D eigenvalue weighted by atomic mass is 9.97. The predicted octanol–water partition coefficient (Wildman–Crippen LogP) is 4.43. The van der Waals surface area contributed by atoms with Crippen LogP contribution in [0.3, 0.4) is 0 Å². The van der Waals surface area contributed by atoms with Gasteiger partial charge in [-0.1, -0.05) is 12.2 Å². The Morgan fingerprint density at radius 2 is 1.35 bits per heavy atom. The summed E-state index contributed by atoms with van der Waals surface area (Å²) in [7, 11) is 0. The molecule has 0 spiro atoms. The summed E-state index contributed by atoms with van der Waals surface area (Å²) >= 11 is 0. The minimum Gasteiger partial charge on any atom is -0.458 e. The van der Waals surface area contributed by atoms with E-state index in [0.717, 1.165) is 0 Å². The van der Waals surface area contributed by atoms with E-state index < -0.39 is 41.0 Å². The molecule has 3 atom stereocenters. The van der Waals surface area contributed by atoms with Crippen molar-refractivity contribution in [2.45, 2.75) is 117 Å². The zero-order valence-electron chi connectivity index (χ0n) is 22.1. The Morgan fingerprint density at radius 3 is 1.88 bits per heavy atom. The monoisotopic (exact) mass is 482 g/mol. The number of amides is 2. The zero-order valence-corrected chi connectivity index (χ0v) is 22.1. The number of Topliss-reactive ketones (excluding diaryl/α,β-unsaturated/α-hetero) is 1. The van der Waals surface area contributed by atoms with Crippen molar-refractivity contribution >= 4 is 23.9 Å². The molecule has 0 aliphatic heterocycles. The molecule has 1 aliphatic rings. The van der Waals surface area contributed by atoms with Gasteiger partial charge in [-0.2, -0.15) is 0 Å². The number of hydrogen-bond acceptors (Lipinski definition) is 7. The van der Waals surface area contributed by atoms with Crippen LogP contribution in [0.4, 0.5) is 9.59 Å². The Bertz CT molecular complexity index is 770. The number of rotatable bonds is 8. The summed E-state index contributed by atoms with van der Waals surface area (Å²) in [5.41, 5.74) is -2.05. The maximum Gasteiger partial charge on any atom is 0.408 e. The van der Waals surface area contributed by atoms with E-state index in [-0.39, 0.29) is 37.0 Å². The molecule has 1 aliphatic carbocycles. The van der Waals surface area contributed by atoms with Crippen LogP contribution in [-0.2, 0) is 23.8 Å². The van der Waals surface area contributed by atoms with Gasteiger partial charge in [0.15, 0.2) is 0 Å². The van der Waals surface area contributed by atoms with Gasteiger partial charge in [-0.05, 0) is 81.1 Å². The number of carbonyl (C=O) groups excluding carboxylic acids is 4. The molecule has 0 unspecified atom stereocenters. The standard InChI is InChI=1S/C25H42N2O7/c1-23(2,3)32-20(29)19(27-22(31)34-25(7,8)9)13-12-18(28)15-16-10-11-17(14-16)26-21(30)33-24(4,5)6/h10-11,16-17,19H,12-15H2,1-9H3,(H,26,30)(H,27,31)/t16-,17+,19+/m1/s1. The van der Waals surface area contributed by atoms with Gasteiger partial charge in [0.2, 0.25) is 0 Å². The maximum absolute atomic E-state index is 12.6. The highest BCUT2D eigenvalue weighted by molar-refractivity contribution is 5.84. The van der Waals surface area contributed by atoms with Gasteiger partial charge < -0.3 is 24.8 Å². The Balaban J connectivity index is 2.60. The van der Waals surface area contributed by atoms with Crippen LogP contribution >= 0.6 is 0 Å². The lowest BCUT2D eigenvalue weighted by molar-refractivity contribution is -0.157. The van der Waals surface area contributed by atoms with E-state index in [1.165, 1.54) is 0 Å². The van der Waals surface area contributed by atoms with Gasteiger partial charge in [0, 0.05) is 12.8 Å². The van der Waals surface area contributed by atoms with Crippen molar-refractivity contribution in [3.8, 4) is 0 Å². The molecule has 0 radical (unpaired) electrons. The van der Waals surface area contributed by atoms with Crippen LogP contribution in [0.1, 0.15) is 88.0 Å². The molecular formula is C25H42N2O7. The van der Waals surface area contributed by atoms with Crippen LogP contribution in [0.25, 0.3) is 0 Å². The van der Waals surface area contributed by atoms with Gasteiger partial charge in [0.25, 0.3) is 0 Å². The largest absolute Gasteiger partial charge is 0.458 e. The van der Waals surface area contributed by atoms with Crippen LogP contribution in [0.2, 0.25) is 0 Å². The van der Waals surface area contributed by atoms with Crippen LogP contribution in [0.5, 0.6) is 0 Å². The Labute approximate surface area is 203 Å². The smallest absolute Gasteiger partial charge is 0.408 e. The second-order valence-corrected chi connectivity index (χ2v) is 11.6. The van der Waals surface area contributed by atoms with E-state index in [2.05, 4.69) is 10.6 Å². The average Bonchev–Trinajstić information content (AvgIpc) is 3.00. The van der Waals surface area contributed by atoms with E-state index in [9.17, 15) is 19.2 Å². The van der Waals surface area contributed by atoms with Crippen molar-refractivity contribution < 1.29 is 33.4 Å². The number of nitrogens with one attached hydrogen (secondary N) is 2. The molecule has 0 aromatic carbocycles. The van der Waals surface area contributed by atoms with Crippen molar-refractivity contribution in [1.82, 2.24) is 10.6 Å². The second-order valence-electron chi connectivity index (χ2n) is 11.6. The molecule has 1 rings (SSSR count). The third kappa shape index (κ3) is 13.2. The fourth-order valence-electron chi connectivity index (χ4n) is 3.26. The van der Waals surface area contributed by atoms with Gasteiger partial charge in [-0.15, -0.1) is 0 Å². The van der Waals surface area contributed by atoms with Crippen LogP contribution in [-0.4, -0.2) is 52.8 Å². The number of carbonyl (C=O) groups is 4. The van der Waals surface area contributed by atoms with Crippen molar-refractivity contribution in [1.29, 1.82) is 0 Å². The highest BCUT2D eigenvalue weighted by atomic mass is 16.6. The topological polar surface area (TPSA) is 120 Å². The van der Waals surface area contributed by atoms with E-state index in [1.54, 1.807) is 62.3 Å². The molecule has 0 saturated heterocycles. The molecule has 0 fully saturated rings. The molecule has 9 nitrogen and oxygen atoms in total. The molecule has 0 saturated carbocycles. The molecule has 2 amide bonds. The molecule has 0 bridgehead atoms. The molecule has 0 aromatic heterocycles. The number of alkyl carbamates (subject to hydrolysis) is 2. The molecule has 2 N–H and O–H groups in total. The minimum absolute atomic E-state index is 0.0220. The first kappa shape index (κ1) is 29.5. The first-order chi connectivity index (χ1) is 15.3. The fraction of sp³-hybridized carbons (Fsp3) is 0.760. The molecule has 0 aromatic rings. The van der Waals surface area contributed by atoms with Gasteiger partial charge in [-0.25, -0.2) is 14.4 Å². The first-order valence-corrected chi connectivity index (χ1v) is 11.7. The summed E-state index contributed by atoms with van der Waals surface area (Å²) in [5, 5.41) is 5.31. The Kier molecular flexibility index (Phi) is 10.1. The van der Waals surface area contributed by atoms with Gasteiger partial charge >= 0.3 is 18.2 Å². The number of ketones is 1. The summed E-state index contributed by atoms with van der Waals surface area (Å²) in [6, 6.07) is -1.20. The SMILES string of the molecule is CC(C)(C)OC(=O)N[C@@H](CCC(=O)C[C@@H]1C=C[C@H](NC(=O)OC(C)(C)C)C1)C(=O)OC(C)(C)C. The van der Waals surface area contributed by atoms with Crippen LogP contribution in [0.15, 0.2) is 12.2 Å². The number of esters is 1. The third-order valence-electron chi connectivity index (χ3n) is 4.46. The quantitative estimate of drug-likeness (QED) is 0.298. The maximum atomic E-state index is 12.6. The summed E-state index contributed by atoms with van der Waals surface area (Å²) in [4.78, 5) is 49.3. The zero-order chi connectivity index (χ0) is 26.3. The summed E-state index contributed by atoms with van der Waals surface area (Å²) in [5.74, 6) is -0.688. The lowest BCUT2D eigenvalue weighted by Crippen LogP contribution is -2.46. The highest BCUT2D eigenvalue weighted by Crippen LogP contribution is 2.23. The summed E-state index contributed by atoms with van der Waals surface area (Å²) < 4.78 is 15.9. The number of allylic oxidation sites excluding steroid dienone is 1. The Hall–Kier alpha value is -2.58. The van der Waals surface area contributed by atoms with Crippen molar-refractivity contribution in [2.24, 2.45) is 5.92 Å². The van der Waals surface area contributed by atoms with Crippen molar-refractivity contribution in [2.75, 3.05) is 0 Å². The van der Waals surface area contributed by atoms with Gasteiger partial charge in [0.05, 0.1) is 6.04 Å².